The molecule has 14 heavy (non-hydrogen) atoms. The molecule has 0 heterocycles. The minimum Gasteiger partial charge on any atom is -0.343 e. The third-order valence-corrected chi connectivity index (χ3v) is 2.12. The van der Waals surface area contributed by atoms with Crippen molar-refractivity contribution in [3.05, 3.63) is 0 Å². The van der Waals surface area contributed by atoms with Crippen LogP contribution in [-0.2, 0) is 9.90 Å². The van der Waals surface area contributed by atoms with Gasteiger partial charge >= 0.3 is 0 Å². The first-order valence-corrected chi connectivity index (χ1v) is 5.62. The van der Waals surface area contributed by atoms with E-state index in [1.165, 1.54) is 0 Å². The number of nitrogens with zero attached hydrogens (tertiary/aromatic N) is 1. The number of hydrogen-bond donors (Lipinski definition) is 0. The van der Waals surface area contributed by atoms with Crippen molar-refractivity contribution < 1.29 is 9.90 Å². The van der Waals surface area contributed by atoms with Crippen LogP contribution in [0.15, 0.2) is 0 Å². The first-order valence-electron chi connectivity index (χ1n) is 5.62. The van der Waals surface area contributed by atoms with E-state index in [0.29, 0.717) is 12.8 Å². The zero-order chi connectivity index (χ0) is 10.8. The van der Waals surface area contributed by atoms with Gasteiger partial charge in [0.2, 0.25) is 5.91 Å². The maximum absolute atomic E-state index is 11.6. The van der Waals surface area contributed by atoms with Gasteiger partial charge in [0.25, 0.3) is 0 Å². The molecule has 0 aromatic rings. The molecule has 0 rings (SSSR count). The fourth-order valence-electron chi connectivity index (χ4n) is 1.44. The van der Waals surface area contributed by atoms with Crippen LogP contribution in [0.4, 0.5) is 0 Å². The maximum atomic E-state index is 11.6. The van der Waals surface area contributed by atoms with Crippen LogP contribution in [0, 0.1) is 0 Å². The molecular formula is C11H22NO2. The second-order valence-electron chi connectivity index (χ2n) is 3.54. The van der Waals surface area contributed by atoms with Crippen LogP contribution in [0.3, 0.4) is 0 Å². The van der Waals surface area contributed by atoms with Gasteiger partial charge in [-0.1, -0.05) is 13.8 Å². The second kappa shape index (κ2) is 9.00. The summed E-state index contributed by atoms with van der Waals surface area (Å²) in [6, 6.07) is 0. The van der Waals surface area contributed by atoms with Crippen LogP contribution < -0.4 is 0 Å². The number of unbranched alkanes of at least 4 members (excludes halogenated alkanes) is 1. The highest BCUT2D eigenvalue weighted by molar-refractivity contribution is 5.76. The summed E-state index contributed by atoms with van der Waals surface area (Å²) < 4.78 is 0. The summed E-state index contributed by atoms with van der Waals surface area (Å²) in [4.78, 5) is 13.5. The molecule has 0 spiro atoms. The molecule has 0 aromatic carbocycles. The fraction of sp³-hybridized carbons (Fsp3) is 0.909. The summed E-state index contributed by atoms with van der Waals surface area (Å²) in [5.41, 5.74) is 0. The Kier molecular flexibility index (Phi) is 8.64. The zero-order valence-corrected chi connectivity index (χ0v) is 9.42. The lowest BCUT2D eigenvalue weighted by molar-refractivity contribution is -0.131. The van der Waals surface area contributed by atoms with Gasteiger partial charge in [-0.25, -0.2) is 5.11 Å². The smallest absolute Gasteiger partial charge is 0.222 e. The van der Waals surface area contributed by atoms with Crippen molar-refractivity contribution in [1.82, 2.24) is 4.90 Å². The van der Waals surface area contributed by atoms with Gasteiger partial charge in [0.15, 0.2) is 0 Å². The Labute approximate surface area is 87.1 Å². The van der Waals surface area contributed by atoms with Crippen LogP contribution in [0.25, 0.3) is 0 Å². The average Bonchev–Trinajstić information content (AvgIpc) is 2.18. The van der Waals surface area contributed by atoms with E-state index in [2.05, 4.69) is 13.8 Å². The molecule has 1 radical (unpaired) electrons. The zero-order valence-electron chi connectivity index (χ0n) is 9.42. The average molecular weight is 200 g/mol. The lowest BCUT2D eigenvalue weighted by atomic mass is 10.2. The highest BCUT2D eigenvalue weighted by atomic mass is 16.3. The summed E-state index contributed by atoms with van der Waals surface area (Å²) in [6.45, 7) is 5.80. The standard InChI is InChI=1S/C11H22NO2/c1-3-8-12(9-4-2)11(14)7-5-6-10-13/h3-10H2,1-2H3. The van der Waals surface area contributed by atoms with Crippen LogP contribution in [0.1, 0.15) is 46.0 Å². The van der Waals surface area contributed by atoms with Gasteiger partial charge in [-0.05, 0) is 25.7 Å². The summed E-state index contributed by atoms with van der Waals surface area (Å²) in [6.07, 6.45) is 3.92. The highest BCUT2D eigenvalue weighted by Crippen LogP contribution is 2.02. The molecule has 0 aliphatic rings. The third-order valence-electron chi connectivity index (χ3n) is 2.12. The summed E-state index contributed by atoms with van der Waals surface area (Å²) in [5.74, 6) is 0.210. The van der Waals surface area contributed by atoms with Crippen molar-refractivity contribution in [2.45, 2.75) is 46.0 Å². The van der Waals surface area contributed by atoms with Crippen LogP contribution in [-0.4, -0.2) is 30.5 Å². The predicted molar refractivity (Wildman–Crippen MR) is 56.6 cm³/mol. The molecule has 0 atom stereocenters. The van der Waals surface area contributed by atoms with E-state index in [0.717, 1.165) is 32.4 Å². The van der Waals surface area contributed by atoms with E-state index < -0.39 is 0 Å². The molecule has 0 unspecified atom stereocenters. The predicted octanol–water partition coefficient (Wildman–Crippen LogP) is 2.24. The topological polar surface area (TPSA) is 40.2 Å². The van der Waals surface area contributed by atoms with Crippen LogP contribution in [0.2, 0.25) is 0 Å². The van der Waals surface area contributed by atoms with E-state index in [-0.39, 0.29) is 12.5 Å². The Morgan fingerprint density at radius 1 is 1.07 bits per heavy atom. The van der Waals surface area contributed by atoms with Crippen LogP contribution >= 0.6 is 0 Å². The Morgan fingerprint density at radius 2 is 1.64 bits per heavy atom. The lowest BCUT2D eigenvalue weighted by Gasteiger charge is -2.21. The quantitative estimate of drug-likeness (QED) is 0.554. The van der Waals surface area contributed by atoms with Crippen molar-refractivity contribution in [1.29, 1.82) is 0 Å². The molecule has 0 saturated carbocycles. The van der Waals surface area contributed by atoms with Crippen LogP contribution in [0.5, 0.6) is 0 Å². The van der Waals surface area contributed by atoms with Gasteiger partial charge in [-0.3, -0.25) is 4.79 Å². The van der Waals surface area contributed by atoms with E-state index in [4.69, 9.17) is 0 Å². The number of rotatable bonds is 8. The Morgan fingerprint density at radius 3 is 2.07 bits per heavy atom. The largest absolute Gasteiger partial charge is 0.343 e. The van der Waals surface area contributed by atoms with E-state index in [1.54, 1.807) is 0 Å². The number of carbonyl (C=O) groups excluding carboxylic acids is 1. The van der Waals surface area contributed by atoms with Gasteiger partial charge in [-0.15, -0.1) is 0 Å². The summed E-state index contributed by atoms with van der Waals surface area (Å²) in [7, 11) is 0. The fourth-order valence-corrected chi connectivity index (χ4v) is 1.44. The van der Waals surface area contributed by atoms with E-state index in [1.807, 2.05) is 4.90 Å². The minimum atomic E-state index is -0.0607. The van der Waals surface area contributed by atoms with Gasteiger partial charge in [0.05, 0.1) is 6.61 Å². The number of carbonyl (C=O) groups is 1. The number of amides is 1. The Balaban J connectivity index is 3.76. The minimum absolute atomic E-state index is 0.0607. The monoisotopic (exact) mass is 200 g/mol. The van der Waals surface area contributed by atoms with Crippen molar-refractivity contribution in [3.63, 3.8) is 0 Å². The molecule has 0 N–H and O–H groups in total. The molecule has 0 aliphatic carbocycles. The van der Waals surface area contributed by atoms with Gasteiger partial charge in [0.1, 0.15) is 0 Å². The summed E-state index contributed by atoms with van der Waals surface area (Å²) >= 11 is 0. The van der Waals surface area contributed by atoms with E-state index in [9.17, 15) is 9.90 Å². The first-order chi connectivity index (χ1) is 6.76. The maximum Gasteiger partial charge on any atom is 0.222 e. The van der Waals surface area contributed by atoms with Crippen molar-refractivity contribution in [2.75, 3.05) is 19.7 Å². The van der Waals surface area contributed by atoms with E-state index >= 15 is 0 Å². The van der Waals surface area contributed by atoms with Crippen molar-refractivity contribution in [3.8, 4) is 0 Å². The van der Waals surface area contributed by atoms with Gasteiger partial charge < -0.3 is 4.90 Å². The van der Waals surface area contributed by atoms with Gasteiger partial charge in [0, 0.05) is 19.5 Å². The SMILES string of the molecule is CCCN(CCC)C(=O)CCCC[O]. The van der Waals surface area contributed by atoms with Crippen molar-refractivity contribution >= 4 is 5.91 Å². The molecule has 0 aliphatic heterocycles. The summed E-state index contributed by atoms with van der Waals surface area (Å²) in [5, 5.41) is 10.2. The molecule has 0 saturated heterocycles. The third kappa shape index (κ3) is 5.97. The molecular weight excluding hydrogens is 178 g/mol. The molecule has 3 heteroatoms. The molecule has 1 amide bonds. The first kappa shape index (κ1) is 13.4. The second-order valence-corrected chi connectivity index (χ2v) is 3.54. The highest BCUT2D eigenvalue weighted by Gasteiger charge is 2.10. The molecule has 0 aromatic heterocycles. The molecule has 83 valence electrons. The normalized spacial score (nSPS) is 10.2. The Bertz CT molecular complexity index is 142. The lowest BCUT2D eigenvalue weighted by Crippen LogP contribution is -2.32. The molecule has 0 bridgehead atoms. The molecule has 3 nitrogen and oxygen atoms in total. The Hall–Kier alpha value is -0.570. The van der Waals surface area contributed by atoms with Crippen molar-refractivity contribution in [2.24, 2.45) is 0 Å². The molecule has 0 fully saturated rings. The van der Waals surface area contributed by atoms with Gasteiger partial charge in [-0.2, -0.15) is 0 Å². The number of hydrogen-bond acceptors (Lipinski definition) is 1.